The van der Waals surface area contributed by atoms with E-state index >= 15 is 0 Å². The number of Topliss-reactive ketones (excluding diaryl/α,β-unsaturated/α-hetero) is 1. The number of hydrogen-bond donors (Lipinski definition) is 1. The van der Waals surface area contributed by atoms with E-state index in [2.05, 4.69) is 0 Å². The van der Waals surface area contributed by atoms with Crippen LogP contribution in [0, 0.1) is 16.7 Å². The third-order valence-corrected chi connectivity index (χ3v) is 3.93. The smallest absolute Gasteiger partial charge is 0.183 e. The number of benzene rings is 1. The third-order valence-electron chi connectivity index (χ3n) is 2.71. The number of aliphatic hydroxyl groups is 1. The lowest BCUT2D eigenvalue weighted by molar-refractivity contribution is -0.121. The van der Waals surface area contributed by atoms with Crippen molar-refractivity contribution in [3.05, 3.63) is 39.4 Å². The van der Waals surface area contributed by atoms with Crippen molar-refractivity contribution in [1.29, 1.82) is 5.26 Å². The van der Waals surface area contributed by atoms with Crippen LogP contribution < -0.4 is 0 Å². The summed E-state index contributed by atoms with van der Waals surface area (Å²) in [5, 5.41) is 19.8. The van der Waals surface area contributed by atoms with Gasteiger partial charge in [0.2, 0.25) is 0 Å². The predicted octanol–water partition coefficient (Wildman–Crippen LogP) is 4.62. The standard InChI is InChI=1S/C14H12Cl3NO2/c1-14(2,7-15)13(20)10(6-18)12(19)9-4-3-8(16)5-11(9)17/h3-5,19H,7H2,1-2H3/b12-10-. The Balaban J connectivity index is 3.41. The lowest BCUT2D eigenvalue weighted by atomic mass is 9.85. The van der Waals surface area contributed by atoms with E-state index in [1.807, 2.05) is 0 Å². The Hall–Kier alpha value is -1.21. The molecule has 3 nitrogen and oxygen atoms in total. The molecule has 0 atom stereocenters. The number of nitriles is 1. The quantitative estimate of drug-likeness (QED) is 0.379. The summed E-state index contributed by atoms with van der Waals surface area (Å²) < 4.78 is 0. The molecule has 0 aliphatic carbocycles. The Kier molecular flexibility index (Phi) is 5.47. The molecule has 6 heteroatoms. The Morgan fingerprint density at radius 3 is 2.45 bits per heavy atom. The fourth-order valence-corrected chi connectivity index (χ4v) is 2.05. The van der Waals surface area contributed by atoms with Crippen LogP contribution in [0.2, 0.25) is 10.0 Å². The number of rotatable bonds is 4. The Labute approximate surface area is 132 Å². The molecule has 20 heavy (non-hydrogen) atoms. The van der Waals surface area contributed by atoms with E-state index in [-0.39, 0.29) is 22.0 Å². The highest BCUT2D eigenvalue weighted by molar-refractivity contribution is 6.35. The number of hydrogen-bond acceptors (Lipinski definition) is 3. The molecule has 1 aromatic carbocycles. The molecular weight excluding hydrogens is 321 g/mol. The van der Waals surface area contributed by atoms with E-state index in [4.69, 9.17) is 40.1 Å². The average molecular weight is 333 g/mol. The first-order chi connectivity index (χ1) is 9.24. The van der Waals surface area contributed by atoms with E-state index in [1.54, 1.807) is 19.9 Å². The minimum Gasteiger partial charge on any atom is -0.506 e. The van der Waals surface area contributed by atoms with Crippen molar-refractivity contribution in [2.24, 2.45) is 5.41 Å². The van der Waals surface area contributed by atoms with Gasteiger partial charge in [0.05, 0.1) is 5.02 Å². The highest BCUT2D eigenvalue weighted by Gasteiger charge is 2.32. The van der Waals surface area contributed by atoms with E-state index in [1.165, 1.54) is 18.2 Å². The molecule has 1 N–H and O–H groups in total. The number of halogens is 3. The highest BCUT2D eigenvalue weighted by Crippen LogP contribution is 2.31. The van der Waals surface area contributed by atoms with Crippen molar-refractivity contribution in [3.63, 3.8) is 0 Å². The summed E-state index contributed by atoms with van der Waals surface area (Å²) in [5.41, 5.74) is -1.16. The number of alkyl halides is 1. The number of carbonyl (C=O) groups excluding carboxylic acids is 1. The topological polar surface area (TPSA) is 61.1 Å². The van der Waals surface area contributed by atoms with Gasteiger partial charge in [-0.05, 0) is 18.2 Å². The molecule has 0 unspecified atom stereocenters. The number of allylic oxidation sites excluding steroid dienone is 1. The molecule has 0 saturated heterocycles. The van der Waals surface area contributed by atoms with Gasteiger partial charge in [-0.25, -0.2) is 0 Å². The lowest BCUT2D eigenvalue weighted by Crippen LogP contribution is -2.27. The van der Waals surface area contributed by atoms with E-state index in [0.717, 1.165) is 0 Å². The van der Waals surface area contributed by atoms with E-state index in [9.17, 15) is 9.90 Å². The van der Waals surface area contributed by atoms with Crippen LogP contribution in [-0.4, -0.2) is 16.8 Å². The van der Waals surface area contributed by atoms with Crippen LogP contribution in [0.15, 0.2) is 23.8 Å². The van der Waals surface area contributed by atoms with Crippen molar-refractivity contribution in [3.8, 4) is 6.07 Å². The second-order valence-corrected chi connectivity index (χ2v) is 5.92. The molecule has 106 valence electrons. The summed E-state index contributed by atoms with van der Waals surface area (Å²) in [4.78, 5) is 12.2. The number of ketones is 1. The minimum absolute atomic E-state index is 0.0264. The van der Waals surface area contributed by atoms with Crippen molar-refractivity contribution in [1.82, 2.24) is 0 Å². The van der Waals surface area contributed by atoms with E-state index < -0.39 is 17.0 Å². The normalized spacial score (nSPS) is 12.6. The fraction of sp³-hybridized carbons (Fsp3) is 0.286. The van der Waals surface area contributed by atoms with Crippen LogP contribution >= 0.6 is 34.8 Å². The minimum atomic E-state index is -0.959. The van der Waals surface area contributed by atoms with Gasteiger partial charge in [-0.15, -0.1) is 11.6 Å². The van der Waals surface area contributed by atoms with Gasteiger partial charge >= 0.3 is 0 Å². The fourth-order valence-electron chi connectivity index (χ4n) is 1.43. The second-order valence-electron chi connectivity index (χ2n) is 4.81. The van der Waals surface area contributed by atoms with Gasteiger partial charge in [0, 0.05) is 21.9 Å². The largest absolute Gasteiger partial charge is 0.506 e. The van der Waals surface area contributed by atoms with Gasteiger partial charge in [0.25, 0.3) is 0 Å². The maximum Gasteiger partial charge on any atom is 0.183 e. The van der Waals surface area contributed by atoms with Crippen molar-refractivity contribution >= 4 is 46.3 Å². The van der Waals surface area contributed by atoms with Crippen molar-refractivity contribution in [2.75, 3.05) is 5.88 Å². The van der Waals surface area contributed by atoms with Gasteiger partial charge in [-0.3, -0.25) is 4.79 Å². The number of carbonyl (C=O) groups is 1. The molecule has 0 spiro atoms. The molecule has 0 heterocycles. The molecule has 1 rings (SSSR count). The summed E-state index contributed by atoms with van der Waals surface area (Å²) in [7, 11) is 0. The Bertz CT molecular complexity index is 615. The van der Waals surface area contributed by atoms with Crippen LogP contribution in [0.25, 0.3) is 5.76 Å². The van der Waals surface area contributed by atoms with Crippen LogP contribution in [0.5, 0.6) is 0 Å². The summed E-state index contributed by atoms with van der Waals surface area (Å²) in [5.74, 6) is -0.991. The molecule has 0 bridgehead atoms. The zero-order chi connectivity index (χ0) is 15.5. The van der Waals surface area contributed by atoms with Gasteiger partial charge in [0.15, 0.2) is 5.78 Å². The Morgan fingerprint density at radius 2 is 2.00 bits per heavy atom. The number of nitrogens with zero attached hydrogens (tertiary/aromatic N) is 1. The van der Waals surface area contributed by atoms with Crippen molar-refractivity contribution in [2.45, 2.75) is 13.8 Å². The maximum absolute atomic E-state index is 12.2. The van der Waals surface area contributed by atoms with Gasteiger partial charge < -0.3 is 5.11 Å². The van der Waals surface area contributed by atoms with Gasteiger partial charge in [-0.1, -0.05) is 37.0 Å². The molecule has 0 radical (unpaired) electrons. The first kappa shape index (κ1) is 16.8. The van der Waals surface area contributed by atoms with Crippen molar-refractivity contribution < 1.29 is 9.90 Å². The van der Waals surface area contributed by atoms with Gasteiger partial charge in [-0.2, -0.15) is 5.26 Å². The molecule has 0 aromatic heterocycles. The average Bonchev–Trinajstić information content (AvgIpc) is 2.39. The molecule has 0 fully saturated rings. The zero-order valence-corrected chi connectivity index (χ0v) is 13.1. The third kappa shape index (κ3) is 3.46. The lowest BCUT2D eigenvalue weighted by Gasteiger charge is -2.19. The molecule has 0 saturated carbocycles. The second kappa shape index (κ2) is 6.49. The molecule has 0 amide bonds. The summed E-state index contributed by atoms with van der Waals surface area (Å²) >= 11 is 17.4. The molecular formula is C14H12Cl3NO2. The summed E-state index contributed by atoms with van der Waals surface area (Å²) in [6.07, 6.45) is 0. The summed E-state index contributed by atoms with van der Waals surface area (Å²) in [6, 6.07) is 6.08. The monoisotopic (exact) mass is 331 g/mol. The SMILES string of the molecule is CC(C)(CCl)C(=O)/C(C#N)=C(\O)c1ccc(Cl)cc1Cl. The first-order valence-electron chi connectivity index (χ1n) is 5.64. The maximum atomic E-state index is 12.2. The first-order valence-corrected chi connectivity index (χ1v) is 6.93. The molecule has 1 aromatic rings. The zero-order valence-electron chi connectivity index (χ0n) is 10.9. The number of aliphatic hydroxyl groups excluding tert-OH is 1. The van der Waals surface area contributed by atoms with Crippen LogP contribution in [0.4, 0.5) is 0 Å². The van der Waals surface area contributed by atoms with Crippen LogP contribution in [-0.2, 0) is 4.79 Å². The predicted molar refractivity (Wildman–Crippen MR) is 81.1 cm³/mol. The Morgan fingerprint density at radius 1 is 1.40 bits per heavy atom. The molecule has 0 aliphatic rings. The van der Waals surface area contributed by atoms with Gasteiger partial charge in [0.1, 0.15) is 17.4 Å². The van der Waals surface area contributed by atoms with Crippen LogP contribution in [0.1, 0.15) is 19.4 Å². The summed E-state index contributed by atoms with van der Waals surface area (Å²) in [6.45, 7) is 3.19. The van der Waals surface area contributed by atoms with Crippen LogP contribution in [0.3, 0.4) is 0 Å². The highest BCUT2D eigenvalue weighted by atomic mass is 35.5. The van der Waals surface area contributed by atoms with E-state index in [0.29, 0.717) is 5.02 Å². The molecule has 0 aliphatic heterocycles.